The standard InChI is InChI=1S/C15H25N5O2.2ClH/c21-15(20-6-3-16-4-7-20)1-5-18-8-10-19(11-9-18)13-14-2-12-22-17-14;;/h2,12,16H,1,3-11,13H2;2*1H. The maximum atomic E-state index is 12.2. The monoisotopic (exact) mass is 379 g/mol. The van der Waals surface area contributed by atoms with Gasteiger partial charge in [0, 0.05) is 77.9 Å². The molecule has 1 aromatic rings. The highest BCUT2D eigenvalue weighted by Crippen LogP contribution is 2.08. The van der Waals surface area contributed by atoms with E-state index in [0.29, 0.717) is 12.3 Å². The van der Waals surface area contributed by atoms with Crippen molar-refractivity contribution < 1.29 is 9.32 Å². The Hall–Kier alpha value is -0.860. The third kappa shape index (κ3) is 6.22. The van der Waals surface area contributed by atoms with Gasteiger partial charge in [-0.1, -0.05) is 5.16 Å². The summed E-state index contributed by atoms with van der Waals surface area (Å²) in [4.78, 5) is 18.9. The predicted molar refractivity (Wildman–Crippen MR) is 96.8 cm³/mol. The highest BCUT2D eigenvalue weighted by Gasteiger charge is 2.20. The molecular formula is C15H27Cl2N5O2. The highest BCUT2D eigenvalue weighted by molar-refractivity contribution is 5.85. The lowest BCUT2D eigenvalue weighted by Gasteiger charge is -2.34. The fourth-order valence-corrected chi connectivity index (χ4v) is 3.05. The fraction of sp³-hybridized carbons (Fsp3) is 0.733. The minimum absolute atomic E-state index is 0. The number of aromatic nitrogens is 1. The molecule has 7 nitrogen and oxygen atoms in total. The molecule has 0 atom stereocenters. The second-order valence-corrected chi connectivity index (χ2v) is 5.99. The summed E-state index contributed by atoms with van der Waals surface area (Å²) < 4.78 is 4.87. The van der Waals surface area contributed by atoms with Crippen LogP contribution in [-0.2, 0) is 11.3 Å². The van der Waals surface area contributed by atoms with Crippen LogP contribution in [0, 0.1) is 0 Å². The van der Waals surface area contributed by atoms with Gasteiger partial charge >= 0.3 is 0 Å². The second kappa shape index (κ2) is 10.9. The molecule has 138 valence electrons. The van der Waals surface area contributed by atoms with Gasteiger partial charge in [0.1, 0.15) is 6.26 Å². The summed E-state index contributed by atoms with van der Waals surface area (Å²) in [6.45, 7) is 9.36. The number of rotatable bonds is 5. The van der Waals surface area contributed by atoms with E-state index in [1.807, 2.05) is 11.0 Å². The average Bonchev–Trinajstić information content (AvgIpc) is 3.08. The fourth-order valence-electron chi connectivity index (χ4n) is 3.05. The zero-order valence-electron chi connectivity index (χ0n) is 13.9. The van der Waals surface area contributed by atoms with Gasteiger partial charge in [0.25, 0.3) is 0 Å². The largest absolute Gasteiger partial charge is 0.364 e. The molecule has 1 N–H and O–H groups in total. The van der Waals surface area contributed by atoms with Gasteiger partial charge in [-0.3, -0.25) is 9.69 Å². The molecule has 2 fully saturated rings. The normalized spacial score (nSPS) is 19.4. The van der Waals surface area contributed by atoms with Crippen molar-refractivity contribution in [2.24, 2.45) is 0 Å². The summed E-state index contributed by atoms with van der Waals surface area (Å²) in [5.41, 5.74) is 0.988. The van der Waals surface area contributed by atoms with Crippen molar-refractivity contribution >= 4 is 30.7 Å². The molecule has 0 unspecified atom stereocenters. The number of halogens is 2. The molecule has 2 saturated heterocycles. The van der Waals surface area contributed by atoms with E-state index < -0.39 is 0 Å². The zero-order chi connectivity index (χ0) is 15.2. The lowest BCUT2D eigenvalue weighted by atomic mass is 10.2. The van der Waals surface area contributed by atoms with Crippen molar-refractivity contribution in [3.05, 3.63) is 18.0 Å². The number of hydrogen-bond donors (Lipinski definition) is 1. The van der Waals surface area contributed by atoms with Crippen LogP contribution >= 0.6 is 24.8 Å². The molecule has 0 bridgehead atoms. The van der Waals surface area contributed by atoms with Crippen LogP contribution in [0.15, 0.2) is 16.9 Å². The summed E-state index contributed by atoms with van der Waals surface area (Å²) in [6.07, 6.45) is 2.26. The van der Waals surface area contributed by atoms with E-state index in [4.69, 9.17) is 4.52 Å². The Morgan fingerprint density at radius 1 is 1.08 bits per heavy atom. The van der Waals surface area contributed by atoms with Crippen LogP contribution in [0.4, 0.5) is 0 Å². The van der Waals surface area contributed by atoms with Crippen molar-refractivity contribution in [3.8, 4) is 0 Å². The predicted octanol–water partition coefficient (Wildman–Crippen LogP) is 0.458. The van der Waals surface area contributed by atoms with E-state index in [2.05, 4.69) is 20.3 Å². The third-order valence-electron chi connectivity index (χ3n) is 4.45. The molecule has 3 rings (SSSR count). The van der Waals surface area contributed by atoms with Crippen molar-refractivity contribution in [1.82, 2.24) is 25.2 Å². The number of amides is 1. The molecule has 0 saturated carbocycles. The summed E-state index contributed by atoms with van der Waals surface area (Å²) >= 11 is 0. The van der Waals surface area contributed by atoms with Gasteiger partial charge in [-0.15, -0.1) is 24.8 Å². The van der Waals surface area contributed by atoms with E-state index >= 15 is 0 Å². The second-order valence-electron chi connectivity index (χ2n) is 5.99. The molecule has 24 heavy (non-hydrogen) atoms. The molecule has 1 amide bonds. The Bertz CT molecular complexity index is 460. The Morgan fingerprint density at radius 2 is 1.75 bits per heavy atom. The highest BCUT2D eigenvalue weighted by atomic mass is 35.5. The van der Waals surface area contributed by atoms with Crippen LogP contribution in [0.3, 0.4) is 0 Å². The summed E-state index contributed by atoms with van der Waals surface area (Å²) in [6, 6.07) is 1.92. The number of carbonyl (C=O) groups excluding carboxylic acids is 1. The number of carbonyl (C=O) groups is 1. The van der Waals surface area contributed by atoms with Gasteiger partial charge in [0.05, 0.1) is 5.69 Å². The number of nitrogens with zero attached hydrogens (tertiary/aromatic N) is 4. The van der Waals surface area contributed by atoms with Crippen molar-refractivity contribution in [3.63, 3.8) is 0 Å². The van der Waals surface area contributed by atoms with E-state index in [0.717, 1.165) is 71.1 Å². The van der Waals surface area contributed by atoms with Crippen LogP contribution in [-0.4, -0.2) is 84.7 Å². The summed E-state index contributed by atoms with van der Waals surface area (Å²) in [7, 11) is 0. The third-order valence-corrected chi connectivity index (χ3v) is 4.45. The van der Waals surface area contributed by atoms with E-state index in [1.54, 1.807) is 6.26 Å². The van der Waals surface area contributed by atoms with Gasteiger partial charge in [-0.2, -0.15) is 0 Å². The molecular weight excluding hydrogens is 353 g/mol. The number of nitrogens with one attached hydrogen (secondary N) is 1. The lowest BCUT2D eigenvalue weighted by molar-refractivity contribution is -0.132. The summed E-state index contributed by atoms with van der Waals surface area (Å²) in [5.74, 6) is 0.298. The maximum Gasteiger partial charge on any atom is 0.223 e. The number of piperazine rings is 2. The molecule has 1 aromatic heterocycles. The first-order valence-electron chi connectivity index (χ1n) is 8.14. The van der Waals surface area contributed by atoms with Crippen molar-refractivity contribution in [1.29, 1.82) is 0 Å². The molecule has 0 spiro atoms. The van der Waals surface area contributed by atoms with Gasteiger partial charge in [-0.25, -0.2) is 0 Å². The first kappa shape index (κ1) is 21.2. The van der Waals surface area contributed by atoms with Crippen LogP contribution in [0.25, 0.3) is 0 Å². The Morgan fingerprint density at radius 3 is 2.38 bits per heavy atom. The van der Waals surface area contributed by atoms with Crippen LogP contribution < -0.4 is 5.32 Å². The zero-order valence-corrected chi connectivity index (χ0v) is 15.5. The lowest BCUT2D eigenvalue weighted by Crippen LogP contribution is -2.49. The molecule has 9 heteroatoms. The van der Waals surface area contributed by atoms with Crippen LogP contribution in [0.2, 0.25) is 0 Å². The minimum atomic E-state index is 0. The van der Waals surface area contributed by atoms with Gasteiger partial charge in [0.2, 0.25) is 5.91 Å². The Kier molecular flexibility index (Phi) is 9.61. The van der Waals surface area contributed by atoms with Gasteiger partial charge < -0.3 is 19.6 Å². The Balaban J connectivity index is 0.00000144. The van der Waals surface area contributed by atoms with E-state index in [-0.39, 0.29) is 24.8 Å². The first-order chi connectivity index (χ1) is 10.8. The average molecular weight is 380 g/mol. The molecule has 3 heterocycles. The first-order valence-corrected chi connectivity index (χ1v) is 8.14. The molecule has 0 aromatic carbocycles. The van der Waals surface area contributed by atoms with Gasteiger partial charge in [-0.05, 0) is 0 Å². The minimum Gasteiger partial charge on any atom is -0.364 e. The molecule has 0 aliphatic carbocycles. The summed E-state index contributed by atoms with van der Waals surface area (Å²) in [5, 5.41) is 7.23. The smallest absolute Gasteiger partial charge is 0.223 e. The van der Waals surface area contributed by atoms with E-state index in [1.165, 1.54) is 0 Å². The maximum absolute atomic E-state index is 12.2. The van der Waals surface area contributed by atoms with Crippen LogP contribution in [0.5, 0.6) is 0 Å². The molecule has 2 aliphatic rings. The SMILES string of the molecule is Cl.Cl.O=C(CCN1CCN(Cc2ccon2)CC1)N1CCNCC1. The topological polar surface area (TPSA) is 64.9 Å². The van der Waals surface area contributed by atoms with Gasteiger partial charge in [0.15, 0.2) is 0 Å². The van der Waals surface area contributed by atoms with E-state index in [9.17, 15) is 4.79 Å². The molecule has 2 aliphatic heterocycles. The Labute approximate surface area is 155 Å². The van der Waals surface area contributed by atoms with Crippen LogP contribution in [0.1, 0.15) is 12.1 Å². The molecule has 0 radical (unpaired) electrons. The number of hydrogen-bond acceptors (Lipinski definition) is 6. The quantitative estimate of drug-likeness (QED) is 0.801. The van der Waals surface area contributed by atoms with Crippen molar-refractivity contribution in [2.75, 3.05) is 58.9 Å². The van der Waals surface area contributed by atoms with Crippen molar-refractivity contribution in [2.45, 2.75) is 13.0 Å².